The van der Waals surface area contributed by atoms with Gasteiger partial charge in [0.1, 0.15) is 11.6 Å². The number of Topliss-reactive ketones (excluding diaryl/α,β-unsaturated/α-hetero) is 1. The second-order valence-corrected chi connectivity index (χ2v) is 14.2. The smallest absolute Gasteiger partial charge is 0.161 e. The minimum Gasteiger partial charge on any atom is -0.493 e. The Kier molecular flexibility index (Phi) is 12.4. The maximum atomic E-state index is 13.4. The highest BCUT2D eigenvalue weighted by Gasteiger charge is 2.45. The number of ether oxygens (including phenoxy) is 2. The molecular formula is C46H52FN3O3. The van der Waals surface area contributed by atoms with Crippen molar-refractivity contribution in [3.8, 4) is 11.5 Å². The molecule has 0 radical (unpaired) electrons. The molecule has 0 fully saturated rings. The third-order valence-corrected chi connectivity index (χ3v) is 11.2. The fourth-order valence-electron chi connectivity index (χ4n) is 8.34. The van der Waals surface area contributed by atoms with Crippen molar-refractivity contribution >= 4 is 5.78 Å². The molecule has 276 valence electrons. The van der Waals surface area contributed by atoms with Gasteiger partial charge in [0.25, 0.3) is 0 Å². The number of nitrogens with one attached hydrogen (secondary N) is 1. The van der Waals surface area contributed by atoms with Crippen LogP contribution in [0.3, 0.4) is 0 Å². The number of rotatable bonds is 17. The molecule has 1 aliphatic rings. The van der Waals surface area contributed by atoms with Crippen LogP contribution in [0.2, 0.25) is 0 Å². The third-order valence-electron chi connectivity index (χ3n) is 11.2. The zero-order valence-corrected chi connectivity index (χ0v) is 31.0. The first kappa shape index (κ1) is 37.9. The zero-order valence-electron chi connectivity index (χ0n) is 31.0. The maximum absolute atomic E-state index is 13.4. The summed E-state index contributed by atoms with van der Waals surface area (Å²) in [5.41, 5.74) is 20.3. The van der Waals surface area contributed by atoms with E-state index in [4.69, 9.17) is 20.9 Å². The molecule has 0 amide bonds. The molecule has 0 aromatic heterocycles. The van der Waals surface area contributed by atoms with Gasteiger partial charge >= 0.3 is 0 Å². The highest BCUT2D eigenvalue weighted by Crippen LogP contribution is 2.46. The quantitative estimate of drug-likeness (QED) is 0.0900. The average molecular weight is 714 g/mol. The summed E-state index contributed by atoms with van der Waals surface area (Å²) in [6.07, 6.45) is 5.30. The van der Waals surface area contributed by atoms with Gasteiger partial charge in [-0.1, -0.05) is 97.1 Å². The number of ketones is 1. The first-order valence-electron chi connectivity index (χ1n) is 18.8. The first-order chi connectivity index (χ1) is 25.8. The first-order valence-corrected chi connectivity index (χ1v) is 18.8. The van der Waals surface area contributed by atoms with Crippen LogP contribution in [-0.2, 0) is 35.1 Å². The molecule has 6 rings (SSSR count). The summed E-state index contributed by atoms with van der Waals surface area (Å²) >= 11 is 0. The fourth-order valence-corrected chi connectivity index (χ4v) is 8.34. The lowest BCUT2D eigenvalue weighted by Gasteiger charge is -2.46. The maximum Gasteiger partial charge on any atom is 0.161 e. The summed E-state index contributed by atoms with van der Waals surface area (Å²) in [7, 11) is 3.33. The molecule has 0 saturated carbocycles. The van der Waals surface area contributed by atoms with Crippen LogP contribution >= 0.6 is 0 Å². The summed E-state index contributed by atoms with van der Waals surface area (Å²) in [4.78, 5) is 13.2. The van der Waals surface area contributed by atoms with E-state index in [9.17, 15) is 9.18 Å². The van der Waals surface area contributed by atoms with Crippen LogP contribution in [-0.4, -0.2) is 32.6 Å². The Morgan fingerprint density at radius 2 is 1.42 bits per heavy atom. The monoisotopic (exact) mass is 713 g/mol. The van der Waals surface area contributed by atoms with Crippen LogP contribution in [0.1, 0.15) is 77.5 Å². The molecule has 0 saturated heterocycles. The molecular weight excluding hydrogens is 662 g/mol. The summed E-state index contributed by atoms with van der Waals surface area (Å²) in [5, 5.41) is 3.92. The lowest BCUT2D eigenvalue weighted by molar-refractivity contribution is -0.119. The van der Waals surface area contributed by atoms with Crippen LogP contribution in [0.25, 0.3) is 0 Å². The second-order valence-electron chi connectivity index (χ2n) is 14.2. The number of methoxy groups -OCH3 is 2. The minimum atomic E-state index is -0.713. The summed E-state index contributed by atoms with van der Waals surface area (Å²) in [6, 6.07) is 40.1. The SMILES string of the molecule is COc1cc2c(cc1OC)C(c1ccc(CN)cc1)(C(N)CCC(CCCC(=O)CCc1ccc(F)cc1)(c1ccccc1)c1ccccc1)NCC2. The van der Waals surface area contributed by atoms with Crippen molar-refractivity contribution in [3.05, 3.63) is 166 Å². The number of benzene rings is 5. The third kappa shape index (κ3) is 8.23. The van der Waals surface area contributed by atoms with E-state index in [-0.39, 0.29) is 17.6 Å². The molecule has 1 heterocycles. The number of carbonyl (C=O) groups excluding carboxylic acids is 1. The molecule has 5 aromatic rings. The number of aryl methyl sites for hydroxylation is 1. The number of fused-ring (bicyclic) bond motifs is 1. The van der Waals surface area contributed by atoms with Gasteiger partial charge in [-0.3, -0.25) is 4.79 Å². The number of hydrogen-bond donors (Lipinski definition) is 3. The highest BCUT2D eigenvalue weighted by molar-refractivity contribution is 5.78. The van der Waals surface area contributed by atoms with Crippen LogP contribution in [0.5, 0.6) is 11.5 Å². The van der Waals surface area contributed by atoms with Crippen molar-refractivity contribution < 1.29 is 18.7 Å². The van der Waals surface area contributed by atoms with Crippen molar-refractivity contribution in [2.75, 3.05) is 20.8 Å². The van der Waals surface area contributed by atoms with Crippen molar-refractivity contribution in [1.82, 2.24) is 5.32 Å². The molecule has 2 atom stereocenters. The van der Waals surface area contributed by atoms with Crippen molar-refractivity contribution in [2.45, 2.75) is 74.9 Å². The summed E-state index contributed by atoms with van der Waals surface area (Å²) in [6.45, 7) is 1.21. The highest BCUT2D eigenvalue weighted by atomic mass is 19.1. The Bertz CT molecular complexity index is 1890. The van der Waals surface area contributed by atoms with Gasteiger partial charge in [0.2, 0.25) is 0 Å². The largest absolute Gasteiger partial charge is 0.493 e. The van der Waals surface area contributed by atoms with E-state index in [2.05, 4.69) is 102 Å². The Morgan fingerprint density at radius 1 is 0.811 bits per heavy atom. The Labute approximate surface area is 313 Å². The standard InChI is InChI=1S/C46H52FN3O3/c1-52-42-30-35-26-29-50-46(41(35)31-43(42)53-2,38-20-15-34(32-48)16-21-38)44(49)25-28-45(36-10-5-3-6-11-36,37-12-7-4-8-13-37)27-9-14-40(51)24-19-33-17-22-39(47)23-18-33/h3-8,10-13,15-18,20-23,30-31,44,50H,9,14,19,24-29,32,48-49H2,1-2H3. The molecule has 5 N–H and O–H groups in total. The van der Waals surface area contributed by atoms with Gasteiger partial charge in [-0.25, -0.2) is 4.39 Å². The molecule has 5 aromatic carbocycles. The number of hydrogen-bond acceptors (Lipinski definition) is 6. The fraction of sp³-hybridized carbons (Fsp3) is 0.326. The van der Waals surface area contributed by atoms with Crippen LogP contribution in [0, 0.1) is 5.82 Å². The normalized spacial score (nSPS) is 16.1. The molecule has 53 heavy (non-hydrogen) atoms. The Hall–Kier alpha value is -4.82. The summed E-state index contributed by atoms with van der Waals surface area (Å²) < 4.78 is 25.0. The van der Waals surface area contributed by atoms with E-state index in [0.29, 0.717) is 43.7 Å². The lowest BCUT2D eigenvalue weighted by atomic mass is 9.65. The van der Waals surface area contributed by atoms with E-state index in [1.807, 2.05) is 0 Å². The number of carbonyl (C=O) groups is 1. The molecule has 6 nitrogen and oxygen atoms in total. The van der Waals surface area contributed by atoms with E-state index in [0.717, 1.165) is 54.5 Å². The van der Waals surface area contributed by atoms with Gasteiger partial charge in [-0.05, 0) is 102 Å². The molecule has 0 bridgehead atoms. The number of nitrogens with two attached hydrogens (primary N) is 2. The van der Waals surface area contributed by atoms with E-state index in [1.54, 1.807) is 26.4 Å². The van der Waals surface area contributed by atoms with Crippen molar-refractivity contribution in [3.63, 3.8) is 0 Å². The topological polar surface area (TPSA) is 99.6 Å². The lowest BCUT2D eigenvalue weighted by Crippen LogP contribution is -2.59. The van der Waals surface area contributed by atoms with Crippen LogP contribution in [0.4, 0.5) is 4.39 Å². The molecule has 1 aliphatic heterocycles. The van der Waals surface area contributed by atoms with E-state index < -0.39 is 11.0 Å². The van der Waals surface area contributed by atoms with Crippen molar-refractivity contribution in [2.24, 2.45) is 11.5 Å². The van der Waals surface area contributed by atoms with Gasteiger partial charge in [0.05, 0.1) is 19.8 Å². The van der Waals surface area contributed by atoms with Crippen LogP contribution in [0.15, 0.2) is 121 Å². The van der Waals surface area contributed by atoms with Gasteiger partial charge in [-0.2, -0.15) is 0 Å². The van der Waals surface area contributed by atoms with E-state index in [1.165, 1.54) is 28.8 Å². The number of halogens is 1. The molecule has 2 unspecified atom stereocenters. The average Bonchev–Trinajstić information content (AvgIpc) is 3.21. The van der Waals surface area contributed by atoms with E-state index >= 15 is 0 Å². The summed E-state index contributed by atoms with van der Waals surface area (Å²) in [5.74, 6) is 1.32. The minimum absolute atomic E-state index is 0.216. The predicted molar refractivity (Wildman–Crippen MR) is 211 cm³/mol. The molecule has 0 aliphatic carbocycles. The Balaban J connectivity index is 1.34. The van der Waals surface area contributed by atoms with Gasteiger partial charge in [0.15, 0.2) is 11.5 Å². The van der Waals surface area contributed by atoms with Gasteiger partial charge < -0.3 is 26.3 Å². The Morgan fingerprint density at radius 3 is 2.02 bits per heavy atom. The van der Waals surface area contributed by atoms with Crippen LogP contribution < -0.4 is 26.3 Å². The second kappa shape index (κ2) is 17.3. The zero-order chi connectivity index (χ0) is 37.3. The predicted octanol–water partition coefficient (Wildman–Crippen LogP) is 8.16. The van der Waals surface area contributed by atoms with Gasteiger partial charge in [0, 0.05) is 37.4 Å². The van der Waals surface area contributed by atoms with Crippen molar-refractivity contribution in [1.29, 1.82) is 0 Å². The molecule has 7 heteroatoms. The molecule has 0 spiro atoms. The van der Waals surface area contributed by atoms with Gasteiger partial charge in [-0.15, -0.1) is 0 Å².